The van der Waals surface area contributed by atoms with Gasteiger partial charge < -0.3 is 9.64 Å². The average molecular weight is 506 g/mol. The van der Waals surface area contributed by atoms with E-state index in [1.807, 2.05) is 11.0 Å². The summed E-state index contributed by atoms with van der Waals surface area (Å²) >= 11 is 6.05. The lowest BCUT2D eigenvalue weighted by molar-refractivity contribution is -0.133. The predicted octanol–water partition coefficient (Wildman–Crippen LogP) is 4.19. The molecule has 2 aromatic rings. The summed E-state index contributed by atoms with van der Waals surface area (Å²) in [5, 5.41) is 0. The first kappa shape index (κ1) is 24.9. The number of methoxy groups -OCH3 is 1. The van der Waals surface area contributed by atoms with Gasteiger partial charge in [-0.25, -0.2) is 13.1 Å². The molecule has 2 atom stereocenters. The Bertz CT molecular complexity index is 1120. The van der Waals surface area contributed by atoms with Gasteiger partial charge in [0.25, 0.3) is 0 Å². The number of sulfonamides is 1. The van der Waals surface area contributed by atoms with Gasteiger partial charge in [-0.1, -0.05) is 38.3 Å². The van der Waals surface area contributed by atoms with Crippen LogP contribution in [-0.4, -0.2) is 49.3 Å². The van der Waals surface area contributed by atoms with Gasteiger partial charge in [0.2, 0.25) is 15.9 Å². The topological polar surface area (TPSA) is 88.6 Å². The first-order chi connectivity index (χ1) is 16.4. The van der Waals surface area contributed by atoms with E-state index in [1.165, 1.54) is 0 Å². The maximum absolute atomic E-state index is 13.1. The molecule has 0 saturated heterocycles. The van der Waals surface area contributed by atoms with Crippen molar-refractivity contribution in [2.24, 2.45) is 0 Å². The van der Waals surface area contributed by atoms with Crippen LogP contribution in [-0.2, 0) is 21.2 Å². The molecule has 1 N–H and O–H groups in total. The van der Waals surface area contributed by atoms with Crippen molar-refractivity contribution in [1.82, 2.24) is 14.6 Å². The Morgan fingerprint density at radius 2 is 2.00 bits per heavy atom. The number of amides is 1. The van der Waals surface area contributed by atoms with Gasteiger partial charge in [0.05, 0.1) is 29.9 Å². The fourth-order valence-electron chi connectivity index (χ4n) is 4.77. The molecule has 0 radical (unpaired) electrons. The lowest BCUT2D eigenvalue weighted by Gasteiger charge is -2.43. The minimum atomic E-state index is -3.58. The fraction of sp³-hybridized carbons (Fsp3) is 0.520. The molecule has 7 nitrogen and oxygen atoms in total. The quantitative estimate of drug-likeness (QED) is 0.516. The number of aromatic nitrogens is 1. The third-order valence-electron chi connectivity index (χ3n) is 6.82. The highest BCUT2D eigenvalue weighted by Crippen LogP contribution is 2.39. The van der Waals surface area contributed by atoms with Gasteiger partial charge in [0.1, 0.15) is 11.6 Å². The zero-order valence-electron chi connectivity index (χ0n) is 19.7. The van der Waals surface area contributed by atoms with Crippen molar-refractivity contribution in [3.63, 3.8) is 0 Å². The van der Waals surface area contributed by atoms with E-state index < -0.39 is 16.1 Å². The second-order valence-electron chi connectivity index (χ2n) is 9.08. The number of nitrogens with one attached hydrogen (secondary N) is 1. The summed E-state index contributed by atoms with van der Waals surface area (Å²) in [4.78, 5) is 19.8. The van der Waals surface area contributed by atoms with Gasteiger partial charge in [-0.2, -0.15) is 0 Å². The van der Waals surface area contributed by atoms with Crippen molar-refractivity contribution < 1.29 is 17.9 Å². The van der Waals surface area contributed by atoms with Crippen LogP contribution in [0.1, 0.15) is 68.3 Å². The van der Waals surface area contributed by atoms with Gasteiger partial charge >= 0.3 is 0 Å². The molecule has 0 spiro atoms. The maximum Gasteiger partial charge on any atom is 0.240 e. The highest BCUT2D eigenvalue weighted by atomic mass is 35.5. The first-order valence-electron chi connectivity index (χ1n) is 11.9. The number of fused-ring (bicyclic) bond motifs is 1. The van der Waals surface area contributed by atoms with E-state index in [9.17, 15) is 13.2 Å². The van der Waals surface area contributed by atoms with Crippen LogP contribution in [0.15, 0.2) is 41.4 Å². The molecule has 184 valence electrons. The zero-order valence-corrected chi connectivity index (χ0v) is 21.2. The summed E-state index contributed by atoms with van der Waals surface area (Å²) in [5.74, 6) is 0.398. The van der Waals surface area contributed by atoms with E-state index in [-0.39, 0.29) is 28.8 Å². The summed E-state index contributed by atoms with van der Waals surface area (Å²) in [6, 6.07) is 8.32. The molecule has 34 heavy (non-hydrogen) atoms. The molecule has 1 aromatic carbocycles. The average Bonchev–Trinajstić information content (AvgIpc) is 2.83. The van der Waals surface area contributed by atoms with Crippen molar-refractivity contribution in [2.75, 3.05) is 13.0 Å². The molecular weight excluding hydrogens is 474 g/mol. The fourth-order valence-corrected chi connectivity index (χ4v) is 6.22. The van der Waals surface area contributed by atoms with Gasteiger partial charge in [-0.15, -0.1) is 11.6 Å². The van der Waals surface area contributed by atoms with E-state index in [4.69, 9.17) is 16.3 Å². The molecule has 0 unspecified atom stereocenters. The maximum atomic E-state index is 13.1. The number of ether oxygens (including phenoxy) is 1. The van der Waals surface area contributed by atoms with Crippen LogP contribution in [0.4, 0.5) is 0 Å². The predicted molar refractivity (Wildman–Crippen MR) is 132 cm³/mol. The number of benzene rings is 1. The SMILES string of the molecule is CCCC[C@H]1Cc2cc(OC)cnc2[C@H](c2ccc(S(=O)(=O)NC3CCC3)cc2)N1C(=O)CCl. The minimum absolute atomic E-state index is 0.0187. The van der Waals surface area contributed by atoms with Crippen molar-refractivity contribution in [2.45, 2.75) is 74.9 Å². The summed E-state index contributed by atoms with van der Waals surface area (Å²) in [7, 11) is -1.97. The molecule has 1 fully saturated rings. The van der Waals surface area contributed by atoms with Crippen LogP contribution in [0, 0.1) is 0 Å². The van der Waals surface area contributed by atoms with Crippen molar-refractivity contribution in [1.29, 1.82) is 0 Å². The second-order valence-corrected chi connectivity index (χ2v) is 11.1. The molecule has 1 aromatic heterocycles. The lowest BCUT2D eigenvalue weighted by atomic mass is 9.86. The van der Waals surface area contributed by atoms with E-state index >= 15 is 0 Å². The first-order valence-corrected chi connectivity index (χ1v) is 13.9. The van der Waals surface area contributed by atoms with Crippen molar-refractivity contribution >= 4 is 27.5 Å². The summed E-state index contributed by atoms with van der Waals surface area (Å²) < 4.78 is 33.7. The number of alkyl halides is 1. The van der Waals surface area contributed by atoms with Crippen LogP contribution in [0.3, 0.4) is 0 Å². The Kier molecular flexibility index (Phi) is 7.80. The number of pyridine rings is 1. The van der Waals surface area contributed by atoms with Crippen LogP contribution in [0.2, 0.25) is 0 Å². The molecule has 0 bridgehead atoms. The Morgan fingerprint density at radius 3 is 2.59 bits per heavy atom. The summed E-state index contributed by atoms with van der Waals surface area (Å²) in [5.41, 5.74) is 2.61. The van der Waals surface area contributed by atoms with E-state index in [2.05, 4.69) is 16.6 Å². The third kappa shape index (κ3) is 5.09. The smallest absolute Gasteiger partial charge is 0.240 e. The van der Waals surface area contributed by atoms with Gasteiger partial charge in [0, 0.05) is 12.1 Å². The van der Waals surface area contributed by atoms with Crippen molar-refractivity contribution in [3.05, 3.63) is 53.3 Å². The van der Waals surface area contributed by atoms with E-state index in [0.29, 0.717) is 12.2 Å². The van der Waals surface area contributed by atoms with Crippen LogP contribution < -0.4 is 9.46 Å². The molecule has 9 heteroatoms. The molecule has 4 rings (SSSR count). The molecule has 1 aliphatic heterocycles. The van der Waals surface area contributed by atoms with Crippen LogP contribution >= 0.6 is 11.6 Å². The van der Waals surface area contributed by atoms with Gasteiger partial charge in [-0.05, 0) is 55.0 Å². The minimum Gasteiger partial charge on any atom is -0.495 e. The Labute approximate surface area is 206 Å². The zero-order chi connectivity index (χ0) is 24.3. The normalized spacial score (nSPS) is 20.5. The number of unbranched alkanes of at least 4 members (excludes halogenated alkanes) is 1. The molecule has 1 amide bonds. The largest absolute Gasteiger partial charge is 0.495 e. The number of nitrogens with zero attached hydrogens (tertiary/aromatic N) is 2. The number of rotatable bonds is 9. The summed E-state index contributed by atoms with van der Waals surface area (Å²) in [6.07, 6.45) is 7.99. The Balaban J connectivity index is 1.73. The monoisotopic (exact) mass is 505 g/mol. The number of hydrogen-bond donors (Lipinski definition) is 1. The highest BCUT2D eigenvalue weighted by Gasteiger charge is 2.39. The second kappa shape index (κ2) is 10.6. The third-order valence-corrected chi connectivity index (χ3v) is 8.59. The molecule has 2 aliphatic rings. The molecule has 2 heterocycles. The Morgan fingerprint density at radius 1 is 1.26 bits per heavy atom. The van der Waals surface area contributed by atoms with Gasteiger partial charge in [0.15, 0.2) is 0 Å². The van der Waals surface area contributed by atoms with E-state index in [1.54, 1.807) is 37.6 Å². The Hall–Kier alpha value is -2.16. The summed E-state index contributed by atoms with van der Waals surface area (Å²) in [6.45, 7) is 2.13. The molecule has 1 saturated carbocycles. The van der Waals surface area contributed by atoms with Crippen molar-refractivity contribution in [3.8, 4) is 5.75 Å². The lowest BCUT2D eigenvalue weighted by Crippen LogP contribution is -2.48. The van der Waals surface area contributed by atoms with Crippen LogP contribution in [0.5, 0.6) is 5.75 Å². The van der Waals surface area contributed by atoms with Crippen LogP contribution in [0.25, 0.3) is 0 Å². The number of carbonyl (C=O) groups is 1. The standard InChI is InChI=1S/C25H32ClN3O4S/c1-3-4-8-20-13-18-14-21(33-2)16-27-24(18)25(29(20)23(30)15-26)17-9-11-22(12-10-17)34(31,32)28-19-6-5-7-19/h9-12,14,16,19-20,25,28H,3-8,13,15H2,1-2H3/t20-,25-/m0/s1. The highest BCUT2D eigenvalue weighted by molar-refractivity contribution is 7.89. The van der Waals surface area contributed by atoms with Gasteiger partial charge in [-0.3, -0.25) is 9.78 Å². The molecule has 1 aliphatic carbocycles. The number of halogens is 1. The van der Waals surface area contributed by atoms with E-state index in [0.717, 1.165) is 55.3 Å². The molecular formula is C25H32ClN3O4S. The number of carbonyl (C=O) groups excluding carboxylic acids is 1. The number of hydrogen-bond acceptors (Lipinski definition) is 5.